The summed E-state index contributed by atoms with van der Waals surface area (Å²) in [5, 5.41) is 16.9. The highest BCUT2D eigenvalue weighted by Gasteiger charge is 2.39. The molecule has 1 fully saturated rings. The van der Waals surface area contributed by atoms with Crippen LogP contribution in [-0.2, 0) is 7.05 Å². The van der Waals surface area contributed by atoms with E-state index in [0.29, 0.717) is 11.8 Å². The second-order valence-corrected chi connectivity index (χ2v) is 3.04. The van der Waals surface area contributed by atoms with Crippen molar-refractivity contribution in [2.75, 3.05) is 6.61 Å². The zero-order valence-corrected chi connectivity index (χ0v) is 6.44. The van der Waals surface area contributed by atoms with E-state index in [1.54, 1.807) is 18.0 Å². The minimum atomic E-state index is 0.279. The summed E-state index contributed by atoms with van der Waals surface area (Å²) >= 11 is 0. The van der Waals surface area contributed by atoms with Gasteiger partial charge < -0.3 is 5.11 Å². The van der Waals surface area contributed by atoms with Gasteiger partial charge in [0.15, 0.2) is 0 Å². The van der Waals surface area contributed by atoms with Gasteiger partial charge in [-0.05, 0) is 12.3 Å². The van der Waals surface area contributed by atoms with Crippen LogP contribution in [0.3, 0.4) is 0 Å². The van der Waals surface area contributed by atoms with Gasteiger partial charge in [0, 0.05) is 19.6 Å². The molecule has 60 valence electrons. The smallest absolute Gasteiger partial charge is 0.0861 e. The topological polar surface area (TPSA) is 50.9 Å². The van der Waals surface area contributed by atoms with Gasteiger partial charge in [-0.3, -0.25) is 0 Å². The molecule has 1 aliphatic carbocycles. The van der Waals surface area contributed by atoms with Crippen molar-refractivity contribution >= 4 is 0 Å². The Hall–Kier alpha value is -0.900. The van der Waals surface area contributed by atoms with E-state index in [4.69, 9.17) is 5.11 Å². The highest BCUT2D eigenvalue weighted by molar-refractivity contribution is 5.13. The quantitative estimate of drug-likeness (QED) is 0.646. The number of hydrogen-bond acceptors (Lipinski definition) is 3. The monoisotopic (exact) mass is 153 g/mol. The lowest BCUT2D eigenvalue weighted by atomic mass is 10.3. The van der Waals surface area contributed by atoms with E-state index >= 15 is 0 Å². The van der Waals surface area contributed by atoms with E-state index in [1.807, 2.05) is 0 Å². The van der Waals surface area contributed by atoms with Crippen molar-refractivity contribution < 1.29 is 5.11 Å². The number of aryl methyl sites for hydroxylation is 1. The number of aliphatic hydroxyl groups is 1. The number of aromatic nitrogens is 3. The SMILES string of the molecule is Cn1ncc(C2CC2CO)n1. The summed E-state index contributed by atoms with van der Waals surface area (Å²) < 4.78 is 0. The van der Waals surface area contributed by atoms with E-state index in [1.165, 1.54) is 0 Å². The number of hydrogen-bond donors (Lipinski definition) is 1. The molecule has 2 rings (SSSR count). The molecule has 0 bridgehead atoms. The molecular weight excluding hydrogens is 142 g/mol. The van der Waals surface area contributed by atoms with Crippen LogP contribution >= 0.6 is 0 Å². The molecule has 1 aromatic heterocycles. The average Bonchev–Trinajstić information content (AvgIpc) is 2.68. The Morgan fingerprint density at radius 2 is 2.64 bits per heavy atom. The fraction of sp³-hybridized carbons (Fsp3) is 0.714. The predicted octanol–water partition coefficient (Wildman–Crippen LogP) is -0.0891. The van der Waals surface area contributed by atoms with Crippen LogP contribution < -0.4 is 0 Å². The fourth-order valence-corrected chi connectivity index (χ4v) is 1.34. The molecule has 1 aliphatic rings. The molecule has 2 atom stereocenters. The molecule has 1 aromatic rings. The van der Waals surface area contributed by atoms with Crippen LogP contribution in [0.5, 0.6) is 0 Å². The molecule has 1 N–H and O–H groups in total. The number of nitrogens with zero attached hydrogens (tertiary/aromatic N) is 3. The molecule has 0 amide bonds. The third-order valence-electron chi connectivity index (χ3n) is 2.15. The normalized spacial score (nSPS) is 28.9. The van der Waals surface area contributed by atoms with Crippen LogP contribution in [0.1, 0.15) is 18.0 Å². The largest absolute Gasteiger partial charge is 0.396 e. The second kappa shape index (κ2) is 2.30. The lowest BCUT2D eigenvalue weighted by Gasteiger charge is -1.88. The molecule has 0 aromatic carbocycles. The fourth-order valence-electron chi connectivity index (χ4n) is 1.34. The highest BCUT2D eigenvalue weighted by atomic mass is 16.3. The van der Waals surface area contributed by atoms with E-state index in [-0.39, 0.29) is 6.61 Å². The van der Waals surface area contributed by atoms with Gasteiger partial charge in [-0.25, -0.2) is 0 Å². The Labute approximate surface area is 64.8 Å². The van der Waals surface area contributed by atoms with Crippen LogP contribution in [0.2, 0.25) is 0 Å². The molecule has 1 saturated carbocycles. The Morgan fingerprint density at radius 1 is 1.82 bits per heavy atom. The highest BCUT2D eigenvalue weighted by Crippen LogP contribution is 2.45. The molecule has 4 nitrogen and oxygen atoms in total. The van der Waals surface area contributed by atoms with Crippen LogP contribution in [0.4, 0.5) is 0 Å². The minimum Gasteiger partial charge on any atom is -0.396 e. The first-order valence-corrected chi connectivity index (χ1v) is 3.78. The predicted molar refractivity (Wildman–Crippen MR) is 38.9 cm³/mol. The Balaban J connectivity index is 2.08. The van der Waals surface area contributed by atoms with Crippen molar-refractivity contribution in [3.8, 4) is 0 Å². The second-order valence-electron chi connectivity index (χ2n) is 3.04. The van der Waals surface area contributed by atoms with Gasteiger partial charge in [-0.15, -0.1) is 0 Å². The van der Waals surface area contributed by atoms with Gasteiger partial charge in [-0.2, -0.15) is 15.0 Å². The van der Waals surface area contributed by atoms with Crippen LogP contribution in [-0.4, -0.2) is 26.7 Å². The first kappa shape index (κ1) is 6.79. The maximum absolute atomic E-state index is 8.79. The number of rotatable bonds is 2. The lowest BCUT2D eigenvalue weighted by Crippen LogP contribution is -1.94. The van der Waals surface area contributed by atoms with Gasteiger partial charge in [0.1, 0.15) is 0 Å². The molecule has 4 heteroatoms. The van der Waals surface area contributed by atoms with Crippen molar-refractivity contribution in [3.63, 3.8) is 0 Å². The third-order valence-corrected chi connectivity index (χ3v) is 2.15. The van der Waals surface area contributed by atoms with Crippen molar-refractivity contribution in [3.05, 3.63) is 11.9 Å². The summed E-state index contributed by atoms with van der Waals surface area (Å²) in [4.78, 5) is 1.56. The van der Waals surface area contributed by atoms with Gasteiger partial charge in [0.05, 0.1) is 11.9 Å². The van der Waals surface area contributed by atoms with Gasteiger partial charge in [-0.1, -0.05) is 0 Å². The van der Waals surface area contributed by atoms with E-state index in [0.717, 1.165) is 12.1 Å². The van der Waals surface area contributed by atoms with Crippen LogP contribution in [0, 0.1) is 5.92 Å². The van der Waals surface area contributed by atoms with Crippen molar-refractivity contribution in [1.29, 1.82) is 0 Å². The molecule has 0 aliphatic heterocycles. The van der Waals surface area contributed by atoms with Crippen LogP contribution in [0.15, 0.2) is 6.20 Å². The minimum absolute atomic E-state index is 0.279. The maximum atomic E-state index is 8.79. The maximum Gasteiger partial charge on any atom is 0.0861 e. The summed E-state index contributed by atoms with van der Waals surface area (Å²) in [5.41, 5.74) is 1.02. The van der Waals surface area contributed by atoms with Gasteiger partial charge >= 0.3 is 0 Å². The molecular formula is C7H11N3O. The average molecular weight is 153 g/mol. The first-order chi connectivity index (χ1) is 5.31. The van der Waals surface area contributed by atoms with Gasteiger partial charge in [0.25, 0.3) is 0 Å². The molecule has 0 saturated heterocycles. The molecule has 1 heterocycles. The summed E-state index contributed by atoms with van der Waals surface area (Å²) in [6.07, 6.45) is 2.84. The first-order valence-electron chi connectivity index (χ1n) is 3.78. The Bertz CT molecular complexity index is 258. The standard InChI is InChI=1S/C7H11N3O/c1-10-8-3-7(9-10)6-2-5(6)4-11/h3,5-6,11H,2,4H2,1H3. The van der Waals surface area contributed by atoms with E-state index < -0.39 is 0 Å². The summed E-state index contributed by atoms with van der Waals surface area (Å²) in [6.45, 7) is 0.279. The third kappa shape index (κ3) is 1.14. The van der Waals surface area contributed by atoms with Crippen molar-refractivity contribution in [2.24, 2.45) is 13.0 Å². The zero-order chi connectivity index (χ0) is 7.84. The molecule has 0 spiro atoms. The summed E-state index contributed by atoms with van der Waals surface area (Å²) in [7, 11) is 1.81. The van der Waals surface area contributed by atoms with E-state index in [2.05, 4.69) is 10.2 Å². The Morgan fingerprint density at radius 3 is 3.09 bits per heavy atom. The molecule has 11 heavy (non-hydrogen) atoms. The molecule has 2 unspecified atom stereocenters. The summed E-state index contributed by atoms with van der Waals surface area (Å²) in [6, 6.07) is 0. The van der Waals surface area contributed by atoms with Crippen LogP contribution in [0.25, 0.3) is 0 Å². The zero-order valence-electron chi connectivity index (χ0n) is 6.44. The Kier molecular flexibility index (Phi) is 1.42. The lowest BCUT2D eigenvalue weighted by molar-refractivity contribution is 0.273. The van der Waals surface area contributed by atoms with E-state index in [9.17, 15) is 0 Å². The van der Waals surface area contributed by atoms with Crippen molar-refractivity contribution in [1.82, 2.24) is 15.0 Å². The van der Waals surface area contributed by atoms with Crippen molar-refractivity contribution in [2.45, 2.75) is 12.3 Å². The molecule has 0 radical (unpaired) electrons. The van der Waals surface area contributed by atoms with Gasteiger partial charge in [0.2, 0.25) is 0 Å². The summed E-state index contributed by atoms with van der Waals surface area (Å²) in [5.74, 6) is 0.903. The number of aliphatic hydroxyl groups excluding tert-OH is 1.